The molecule has 6 nitrogen and oxygen atoms in total. The summed E-state index contributed by atoms with van der Waals surface area (Å²) in [7, 11) is 0. The molecule has 0 aliphatic carbocycles. The fourth-order valence-electron chi connectivity index (χ4n) is 7.45. The van der Waals surface area contributed by atoms with Crippen LogP contribution in [0.4, 0.5) is 0 Å². The fourth-order valence-corrected chi connectivity index (χ4v) is 7.45. The van der Waals surface area contributed by atoms with Crippen molar-refractivity contribution < 1.29 is 0 Å². The van der Waals surface area contributed by atoms with Crippen molar-refractivity contribution in [1.29, 1.82) is 5.26 Å². The first-order chi connectivity index (χ1) is 27.7. The van der Waals surface area contributed by atoms with Crippen molar-refractivity contribution in [3.63, 3.8) is 0 Å². The zero-order valence-corrected chi connectivity index (χ0v) is 30.0. The molecule has 56 heavy (non-hydrogen) atoms. The first-order valence-corrected chi connectivity index (χ1v) is 18.4. The summed E-state index contributed by atoms with van der Waals surface area (Å²) in [5, 5.41) is 13.2. The van der Waals surface area contributed by atoms with Crippen molar-refractivity contribution >= 4 is 32.7 Å². The van der Waals surface area contributed by atoms with Gasteiger partial charge >= 0.3 is 0 Å². The van der Waals surface area contributed by atoms with Crippen molar-refractivity contribution in [1.82, 2.24) is 24.9 Å². The minimum atomic E-state index is 0.514. The lowest BCUT2D eigenvalue weighted by molar-refractivity contribution is 1.18. The number of pyridine rings is 1. The molecule has 0 bridgehead atoms. The van der Waals surface area contributed by atoms with E-state index in [1.54, 1.807) is 0 Å². The first-order valence-electron chi connectivity index (χ1n) is 18.4. The molecule has 10 rings (SSSR count). The maximum absolute atomic E-state index is 10.7. The van der Waals surface area contributed by atoms with E-state index in [4.69, 9.17) is 24.9 Å². The summed E-state index contributed by atoms with van der Waals surface area (Å²) in [6, 6.07) is 63.1. The van der Waals surface area contributed by atoms with Crippen LogP contribution in [-0.2, 0) is 0 Å². The van der Waals surface area contributed by atoms with Gasteiger partial charge in [0.05, 0.1) is 56.7 Å². The van der Waals surface area contributed by atoms with E-state index in [0.29, 0.717) is 28.1 Å². The van der Waals surface area contributed by atoms with E-state index >= 15 is 0 Å². The largest absolute Gasteiger partial charge is 0.247 e. The Hall–Kier alpha value is -7.88. The predicted octanol–water partition coefficient (Wildman–Crippen LogP) is 12.0. The lowest BCUT2D eigenvalue weighted by Crippen LogP contribution is -2.00. The van der Waals surface area contributed by atoms with E-state index in [1.807, 2.05) is 140 Å². The van der Waals surface area contributed by atoms with Gasteiger partial charge in [-0.15, -0.1) is 0 Å². The van der Waals surface area contributed by atoms with Gasteiger partial charge in [0.1, 0.15) is 0 Å². The van der Waals surface area contributed by atoms with Gasteiger partial charge in [-0.05, 0) is 24.3 Å². The molecule has 10 aromatic rings. The van der Waals surface area contributed by atoms with Gasteiger partial charge < -0.3 is 0 Å². The third kappa shape index (κ3) is 5.81. The molecule has 0 spiro atoms. The average molecular weight is 715 g/mol. The maximum Gasteiger partial charge on any atom is 0.160 e. The number of nitriles is 1. The van der Waals surface area contributed by atoms with Gasteiger partial charge in [0.25, 0.3) is 0 Å². The molecular formula is C50H30N6. The summed E-state index contributed by atoms with van der Waals surface area (Å²) in [5.74, 6) is 0.643. The van der Waals surface area contributed by atoms with Crippen LogP contribution in [0, 0.1) is 11.3 Å². The van der Waals surface area contributed by atoms with Gasteiger partial charge in [0, 0.05) is 49.5 Å². The van der Waals surface area contributed by atoms with E-state index in [0.717, 1.165) is 77.8 Å². The second-order valence-corrected chi connectivity index (χ2v) is 13.6. The Balaban J connectivity index is 1.26. The van der Waals surface area contributed by atoms with Crippen molar-refractivity contribution in [3.8, 4) is 73.7 Å². The molecule has 0 unspecified atom stereocenters. The highest BCUT2D eigenvalue weighted by Crippen LogP contribution is 2.41. The van der Waals surface area contributed by atoms with E-state index < -0.39 is 0 Å². The van der Waals surface area contributed by atoms with Crippen molar-refractivity contribution in [2.75, 3.05) is 0 Å². The Morgan fingerprint density at radius 1 is 0.357 bits per heavy atom. The number of para-hydroxylation sites is 1. The molecule has 0 atom stereocenters. The molecule has 0 aliphatic heterocycles. The van der Waals surface area contributed by atoms with Gasteiger partial charge in [-0.3, -0.25) is 0 Å². The molecule has 7 aromatic carbocycles. The number of nitrogens with zero attached hydrogens (tertiary/aromatic N) is 6. The monoisotopic (exact) mass is 714 g/mol. The maximum atomic E-state index is 10.7. The summed E-state index contributed by atoms with van der Waals surface area (Å²) in [5.41, 5.74) is 12.0. The minimum absolute atomic E-state index is 0.514. The van der Waals surface area contributed by atoms with Crippen molar-refractivity contribution in [3.05, 3.63) is 188 Å². The number of rotatable bonds is 6. The van der Waals surface area contributed by atoms with Crippen LogP contribution >= 0.6 is 0 Å². The topological polar surface area (TPSA) is 88.2 Å². The highest BCUT2D eigenvalue weighted by Gasteiger charge is 2.22. The number of hydrogen-bond donors (Lipinski definition) is 0. The fraction of sp³-hybridized carbons (Fsp3) is 0. The standard InChI is InChI=1S/C50H30N6/c51-31-38-29-43-49(56-48(34-20-9-3-10-21-34)47(53-43)33-18-7-2-8-19-33)45-44(38)39-26-13-14-27-40(39)52-46(45)37-25-15-24-36(28-37)42-30-41(32-16-5-1-6-17-32)54-50(55-42)35-22-11-4-12-23-35/h1-30H. The molecule has 0 fully saturated rings. The third-order valence-electron chi connectivity index (χ3n) is 10.1. The highest BCUT2D eigenvalue weighted by atomic mass is 14.9. The number of benzene rings is 7. The SMILES string of the molecule is N#Cc1cc2nc(-c3ccccc3)c(-c3ccccc3)nc2c2c(-c3cccc(-c4cc(-c5ccccc5)nc(-c5ccccc5)n4)c3)nc3ccccc3c12. The smallest absolute Gasteiger partial charge is 0.160 e. The minimum Gasteiger partial charge on any atom is -0.247 e. The zero-order valence-electron chi connectivity index (χ0n) is 30.0. The number of aromatic nitrogens is 5. The summed E-state index contributed by atoms with van der Waals surface area (Å²) in [4.78, 5) is 26.2. The van der Waals surface area contributed by atoms with Crippen LogP contribution in [0.25, 0.3) is 100 Å². The van der Waals surface area contributed by atoms with Crippen molar-refractivity contribution in [2.24, 2.45) is 0 Å². The summed E-state index contributed by atoms with van der Waals surface area (Å²) >= 11 is 0. The lowest BCUT2D eigenvalue weighted by Gasteiger charge is -2.16. The highest BCUT2D eigenvalue weighted by molar-refractivity contribution is 6.22. The summed E-state index contributed by atoms with van der Waals surface area (Å²) in [6.45, 7) is 0. The normalized spacial score (nSPS) is 11.2. The van der Waals surface area contributed by atoms with Crippen LogP contribution in [0.15, 0.2) is 182 Å². The molecule has 0 N–H and O–H groups in total. The van der Waals surface area contributed by atoms with E-state index in [9.17, 15) is 5.26 Å². The Morgan fingerprint density at radius 2 is 0.875 bits per heavy atom. The Kier molecular flexibility index (Phi) is 8.09. The molecular weight excluding hydrogens is 685 g/mol. The molecule has 0 amide bonds. The van der Waals surface area contributed by atoms with Gasteiger partial charge in [-0.1, -0.05) is 158 Å². The molecule has 260 valence electrons. The number of fused-ring (bicyclic) bond motifs is 5. The lowest BCUT2D eigenvalue weighted by atomic mass is 9.93. The average Bonchev–Trinajstić information content (AvgIpc) is 3.29. The quantitative estimate of drug-likeness (QED) is 0.159. The van der Waals surface area contributed by atoms with E-state index in [2.05, 4.69) is 48.5 Å². The van der Waals surface area contributed by atoms with Crippen LogP contribution in [-0.4, -0.2) is 24.9 Å². The van der Waals surface area contributed by atoms with Gasteiger partial charge in [-0.2, -0.15) is 5.26 Å². The van der Waals surface area contributed by atoms with Crippen LogP contribution < -0.4 is 0 Å². The number of hydrogen-bond acceptors (Lipinski definition) is 6. The van der Waals surface area contributed by atoms with Crippen molar-refractivity contribution in [2.45, 2.75) is 0 Å². The summed E-state index contributed by atoms with van der Waals surface area (Å²) < 4.78 is 0. The molecule has 0 radical (unpaired) electrons. The molecule has 3 heterocycles. The van der Waals surface area contributed by atoms with E-state index in [-0.39, 0.29) is 0 Å². The Morgan fingerprint density at radius 3 is 1.54 bits per heavy atom. The molecule has 0 saturated carbocycles. The van der Waals surface area contributed by atoms with Gasteiger partial charge in [-0.25, -0.2) is 24.9 Å². The van der Waals surface area contributed by atoms with Crippen LogP contribution in [0.5, 0.6) is 0 Å². The zero-order chi connectivity index (χ0) is 37.4. The third-order valence-corrected chi connectivity index (χ3v) is 10.1. The van der Waals surface area contributed by atoms with Crippen LogP contribution in [0.2, 0.25) is 0 Å². The predicted molar refractivity (Wildman–Crippen MR) is 225 cm³/mol. The summed E-state index contributed by atoms with van der Waals surface area (Å²) in [6.07, 6.45) is 0. The molecule has 0 saturated heterocycles. The first kappa shape index (κ1) is 32.7. The Bertz CT molecular complexity index is 3070. The second-order valence-electron chi connectivity index (χ2n) is 13.6. The second kappa shape index (κ2) is 13.8. The van der Waals surface area contributed by atoms with Gasteiger partial charge in [0.2, 0.25) is 0 Å². The van der Waals surface area contributed by atoms with Crippen LogP contribution in [0.1, 0.15) is 5.56 Å². The molecule has 3 aromatic heterocycles. The molecule has 0 aliphatic rings. The molecule has 6 heteroatoms. The van der Waals surface area contributed by atoms with Crippen LogP contribution in [0.3, 0.4) is 0 Å². The Labute approximate surface area is 323 Å². The van der Waals surface area contributed by atoms with Gasteiger partial charge in [0.15, 0.2) is 5.82 Å². The van der Waals surface area contributed by atoms with E-state index in [1.165, 1.54) is 0 Å².